The fourth-order valence-corrected chi connectivity index (χ4v) is 5.09. The van der Waals surface area contributed by atoms with E-state index in [1.54, 1.807) is 24.2 Å². The average Bonchev–Trinajstić information content (AvgIpc) is 3.09. The van der Waals surface area contributed by atoms with Gasteiger partial charge in [0.1, 0.15) is 5.82 Å². The van der Waals surface area contributed by atoms with Gasteiger partial charge in [-0.25, -0.2) is 14.8 Å². The summed E-state index contributed by atoms with van der Waals surface area (Å²) >= 11 is 0. The standard InChI is InChI=1S/C26H33BN4O6/c1-16-28-12-18(13-29-16)23(32)30-7-6-17-10-19(27-36-25(2,3)26(4,5)37-27)11-20(21(17)14-30)22-15-35-9-8-31(22)24(33)34/h10-13,22H,6-9,14-15H2,1-5H3,(H,33,34). The molecule has 1 aromatic heterocycles. The number of rotatable bonds is 3. The molecule has 3 aliphatic rings. The molecular formula is C26H33BN4O6. The molecule has 3 aliphatic heterocycles. The van der Waals surface area contributed by atoms with Crippen LogP contribution >= 0.6 is 0 Å². The maximum Gasteiger partial charge on any atom is 0.494 e. The molecule has 0 saturated carbocycles. The number of fused-ring (bicyclic) bond motifs is 1. The van der Waals surface area contributed by atoms with E-state index >= 15 is 0 Å². The molecule has 0 bridgehead atoms. The van der Waals surface area contributed by atoms with E-state index in [9.17, 15) is 14.7 Å². The van der Waals surface area contributed by atoms with Gasteiger partial charge in [-0.1, -0.05) is 12.1 Å². The Morgan fingerprint density at radius 1 is 1.08 bits per heavy atom. The van der Waals surface area contributed by atoms with Gasteiger partial charge in [0.25, 0.3) is 5.91 Å². The van der Waals surface area contributed by atoms with Gasteiger partial charge in [0.2, 0.25) is 0 Å². The second-order valence-electron chi connectivity index (χ2n) is 10.9. The summed E-state index contributed by atoms with van der Waals surface area (Å²) < 4.78 is 18.4. The lowest BCUT2D eigenvalue weighted by molar-refractivity contribution is -0.00145. The van der Waals surface area contributed by atoms with E-state index in [2.05, 4.69) is 16.0 Å². The number of nitrogens with zero attached hydrogens (tertiary/aromatic N) is 4. The number of aromatic nitrogens is 2. The zero-order chi connectivity index (χ0) is 26.5. The van der Waals surface area contributed by atoms with E-state index in [1.807, 2.05) is 33.8 Å². The van der Waals surface area contributed by atoms with Crippen molar-refractivity contribution in [3.63, 3.8) is 0 Å². The Hall–Kier alpha value is -3.02. The SMILES string of the molecule is Cc1ncc(C(=O)N2CCc3cc(B4OC(C)(C)C(C)(C)O4)cc(C4COCCN4C(=O)O)c3C2)cn1. The van der Waals surface area contributed by atoms with E-state index in [1.165, 1.54) is 4.90 Å². The number of aryl methyl sites for hydroxylation is 1. The third-order valence-corrected chi connectivity index (χ3v) is 7.97. The zero-order valence-electron chi connectivity index (χ0n) is 22.0. The molecule has 2 aromatic rings. The van der Waals surface area contributed by atoms with E-state index in [0.717, 1.165) is 22.2 Å². The first-order valence-corrected chi connectivity index (χ1v) is 12.6. The number of morpholine rings is 1. The normalized spacial score (nSPS) is 22.6. The lowest BCUT2D eigenvalue weighted by Gasteiger charge is -2.38. The van der Waals surface area contributed by atoms with Gasteiger partial charge in [0.15, 0.2) is 0 Å². The van der Waals surface area contributed by atoms with Gasteiger partial charge in [-0.3, -0.25) is 9.69 Å². The van der Waals surface area contributed by atoms with Crippen LogP contribution in [-0.2, 0) is 27.0 Å². The van der Waals surface area contributed by atoms with Crippen LogP contribution in [0.1, 0.15) is 66.6 Å². The Bertz CT molecular complexity index is 1200. The second kappa shape index (κ2) is 9.38. The van der Waals surface area contributed by atoms with Crippen LogP contribution in [0.4, 0.5) is 4.79 Å². The minimum Gasteiger partial charge on any atom is -0.465 e. The van der Waals surface area contributed by atoms with Crippen LogP contribution in [-0.4, -0.2) is 81.5 Å². The van der Waals surface area contributed by atoms with Gasteiger partial charge in [-0.2, -0.15) is 0 Å². The van der Waals surface area contributed by atoms with Crippen LogP contribution in [0.25, 0.3) is 0 Å². The fourth-order valence-electron chi connectivity index (χ4n) is 5.09. The highest BCUT2D eigenvalue weighted by Crippen LogP contribution is 2.38. The summed E-state index contributed by atoms with van der Waals surface area (Å²) in [6.07, 6.45) is 2.71. The second-order valence-corrected chi connectivity index (χ2v) is 10.9. The van der Waals surface area contributed by atoms with Crippen LogP contribution in [0.5, 0.6) is 0 Å². The smallest absolute Gasteiger partial charge is 0.465 e. The molecule has 1 atom stereocenters. The molecule has 2 fully saturated rings. The number of carbonyl (C=O) groups excluding carboxylic acids is 1. The van der Waals surface area contributed by atoms with Crippen LogP contribution in [0.2, 0.25) is 0 Å². The molecule has 5 rings (SSSR count). The highest BCUT2D eigenvalue weighted by Gasteiger charge is 2.52. The molecule has 1 aromatic carbocycles. The largest absolute Gasteiger partial charge is 0.494 e. The molecule has 0 aliphatic carbocycles. The summed E-state index contributed by atoms with van der Waals surface area (Å²) in [5, 5.41) is 9.95. The minimum absolute atomic E-state index is 0.151. The molecule has 37 heavy (non-hydrogen) atoms. The first-order chi connectivity index (χ1) is 17.5. The molecule has 0 spiro atoms. The lowest BCUT2D eigenvalue weighted by Crippen LogP contribution is -2.45. The number of hydrogen-bond acceptors (Lipinski definition) is 7. The third-order valence-electron chi connectivity index (χ3n) is 7.97. The maximum atomic E-state index is 13.3. The molecule has 11 heteroatoms. The molecule has 1 unspecified atom stereocenters. The number of hydrogen-bond donors (Lipinski definition) is 1. The zero-order valence-corrected chi connectivity index (χ0v) is 22.0. The predicted octanol–water partition coefficient (Wildman–Crippen LogP) is 2.33. The monoisotopic (exact) mass is 508 g/mol. The van der Waals surface area contributed by atoms with E-state index in [-0.39, 0.29) is 19.1 Å². The van der Waals surface area contributed by atoms with Crippen molar-refractivity contribution in [1.29, 1.82) is 0 Å². The molecule has 2 amide bonds. The summed E-state index contributed by atoms with van der Waals surface area (Å²) in [5.41, 5.74) is 3.08. The van der Waals surface area contributed by atoms with Gasteiger partial charge in [-0.15, -0.1) is 0 Å². The summed E-state index contributed by atoms with van der Waals surface area (Å²) in [6.45, 7) is 11.5. The van der Waals surface area contributed by atoms with Gasteiger partial charge < -0.3 is 24.1 Å². The maximum absolute atomic E-state index is 13.3. The first kappa shape index (κ1) is 25.6. The van der Waals surface area contributed by atoms with Crippen LogP contribution in [0.3, 0.4) is 0 Å². The molecule has 1 N–H and O–H groups in total. The summed E-state index contributed by atoms with van der Waals surface area (Å²) in [4.78, 5) is 36.9. The Labute approximate surface area is 217 Å². The third kappa shape index (κ3) is 4.71. The van der Waals surface area contributed by atoms with E-state index < -0.39 is 30.5 Å². The predicted molar refractivity (Wildman–Crippen MR) is 136 cm³/mol. The number of benzene rings is 1. The molecule has 4 heterocycles. The number of amides is 2. The number of ether oxygens (including phenoxy) is 1. The van der Waals surface area contributed by atoms with Crippen LogP contribution in [0, 0.1) is 6.92 Å². The molecule has 0 radical (unpaired) electrons. The first-order valence-electron chi connectivity index (χ1n) is 12.6. The quantitative estimate of drug-likeness (QED) is 0.629. The van der Waals surface area contributed by atoms with Crippen molar-refractivity contribution in [3.05, 3.63) is 52.6 Å². The Balaban J connectivity index is 1.54. The molecule has 2 saturated heterocycles. The van der Waals surface area contributed by atoms with Gasteiger partial charge in [0.05, 0.1) is 36.0 Å². The minimum atomic E-state index is -0.997. The number of carbonyl (C=O) groups is 2. The number of carboxylic acid groups (broad SMARTS) is 1. The lowest BCUT2D eigenvalue weighted by atomic mass is 9.74. The topological polar surface area (TPSA) is 114 Å². The van der Waals surface area contributed by atoms with Gasteiger partial charge in [-0.05, 0) is 63.2 Å². The summed E-state index contributed by atoms with van der Waals surface area (Å²) in [5.74, 6) is 0.450. The van der Waals surface area contributed by atoms with Crippen molar-refractivity contribution in [3.8, 4) is 0 Å². The fraction of sp³-hybridized carbons (Fsp3) is 0.538. The Kier molecular flexibility index (Phi) is 6.50. The van der Waals surface area contributed by atoms with Crippen molar-refractivity contribution in [1.82, 2.24) is 19.8 Å². The van der Waals surface area contributed by atoms with Crippen molar-refractivity contribution in [2.45, 2.75) is 64.8 Å². The van der Waals surface area contributed by atoms with Gasteiger partial charge in [0, 0.05) is 32.0 Å². The highest BCUT2D eigenvalue weighted by molar-refractivity contribution is 6.62. The molecule has 10 nitrogen and oxygen atoms in total. The summed E-state index contributed by atoms with van der Waals surface area (Å²) in [6, 6.07) is 3.55. The van der Waals surface area contributed by atoms with Crippen molar-refractivity contribution in [2.24, 2.45) is 0 Å². The van der Waals surface area contributed by atoms with Crippen LogP contribution < -0.4 is 5.46 Å². The van der Waals surface area contributed by atoms with Crippen molar-refractivity contribution >= 4 is 24.6 Å². The highest BCUT2D eigenvalue weighted by atomic mass is 16.7. The molecular weight excluding hydrogens is 475 g/mol. The van der Waals surface area contributed by atoms with Crippen LogP contribution in [0.15, 0.2) is 24.5 Å². The molecule has 196 valence electrons. The van der Waals surface area contributed by atoms with E-state index in [0.29, 0.717) is 37.5 Å². The Morgan fingerprint density at radius 2 is 1.76 bits per heavy atom. The van der Waals surface area contributed by atoms with Gasteiger partial charge >= 0.3 is 13.2 Å². The summed E-state index contributed by atoms with van der Waals surface area (Å²) in [7, 11) is -0.582. The van der Waals surface area contributed by atoms with E-state index in [4.69, 9.17) is 14.0 Å². The van der Waals surface area contributed by atoms with Crippen molar-refractivity contribution in [2.75, 3.05) is 26.3 Å². The average molecular weight is 508 g/mol. The van der Waals surface area contributed by atoms with Crippen molar-refractivity contribution < 1.29 is 28.7 Å². The Morgan fingerprint density at radius 3 is 2.41 bits per heavy atom.